The van der Waals surface area contributed by atoms with Crippen molar-refractivity contribution in [2.75, 3.05) is 13.7 Å². The molecule has 96 valence electrons. The Morgan fingerprint density at radius 3 is 3.00 bits per heavy atom. The molecule has 7 heteroatoms. The molecule has 2 unspecified atom stereocenters. The predicted molar refractivity (Wildman–Crippen MR) is 60.5 cm³/mol. The molecule has 0 spiro atoms. The van der Waals surface area contributed by atoms with Gasteiger partial charge in [-0.1, -0.05) is 5.21 Å². The first-order valence-electron chi connectivity index (χ1n) is 5.42. The summed E-state index contributed by atoms with van der Waals surface area (Å²) in [6.07, 6.45) is 2.74. The zero-order valence-corrected chi connectivity index (χ0v) is 10.0. The average molecular weight is 242 g/mol. The summed E-state index contributed by atoms with van der Waals surface area (Å²) in [5.41, 5.74) is 6.00. The number of aromatic nitrogens is 3. The molecule has 7 nitrogen and oxygen atoms in total. The number of carbonyl (C=O) groups is 1. The normalized spacial score (nSPS) is 14.5. The van der Waals surface area contributed by atoms with Crippen LogP contribution in [0, 0.1) is 0 Å². The second-order valence-electron chi connectivity index (χ2n) is 3.97. The smallest absolute Gasteiger partial charge is 0.320 e. The van der Waals surface area contributed by atoms with Crippen LogP contribution in [0.2, 0.25) is 0 Å². The number of nitrogens with two attached hydrogens (primary N) is 1. The summed E-state index contributed by atoms with van der Waals surface area (Å²) in [6.45, 7) is 2.64. The van der Waals surface area contributed by atoms with Gasteiger partial charge in [-0.3, -0.25) is 4.79 Å². The Morgan fingerprint density at radius 1 is 1.71 bits per heavy atom. The van der Waals surface area contributed by atoms with E-state index in [-0.39, 0.29) is 12.5 Å². The number of ether oxygens (including phenoxy) is 1. The van der Waals surface area contributed by atoms with E-state index >= 15 is 0 Å². The van der Waals surface area contributed by atoms with Crippen LogP contribution in [0.3, 0.4) is 0 Å². The molecule has 2 atom stereocenters. The molecule has 0 aromatic carbocycles. The second-order valence-corrected chi connectivity index (χ2v) is 3.97. The van der Waals surface area contributed by atoms with Gasteiger partial charge in [0.25, 0.3) is 0 Å². The third-order valence-electron chi connectivity index (χ3n) is 2.50. The standard InChI is InChI=1S/C10H18N4O3/c1-7(3-4-17-2)14-6-8(12-13-14)5-9(11)10(15)16/h6-7,9H,3-5,11H2,1-2H3,(H,15,16). The monoisotopic (exact) mass is 242 g/mol. The summed E-state index contributed by atoms with van der Waals surface area (Å²) in [7, 11) is 1.64. The lowest BCUT2D eigenvalue weighted by Crippen LogP contribution is -2.32. The largest absolute Gasteiger partial charge is 0.480 e. The summed E-state index contributed by atoms with van der Waals surface area (Å²) < 4.78 is 6.67. The van der Waals surface area contributed by atoms with Gasteiger partial charge in [-0.05, 0) is 13.3 Å². The summed E-state index contributed by atoms with van der Waals surface area (Å²) >= 11 is 0. The highest BCUT2D eigenvalue weighted by Crippen LogP contribution is 2.09. The average Bonchev–Trinajstić information content (AvgIpc) is 2.74. The van der Waals surface area contributed by atoms with Gasteiger partial charge in [-0.2, -0.15) is 0 Å². The van der Waals surface area contributed by atoms with Gasteiger partial charge in [-0.25, -0.2) is 4.68 Å². The first-order chi connectivity index (χ1) is 8.04. The highest BCUT2D eigenvalue weighted by Gasteiger charge is 2.15. The van der Waals surface area contributed by atoms with Crippen LogP contribution in [0.1, 0.15) is 25.1 Å². The van der Waals surface area contributed by atoms with Gasteiger partial charge in [0, 0.05) is 26.3 Å². The summed E-state index contributed by atoms with van der Waals surface area (Å²) in [4.78, 5) is 10.6. The molecule has 0 amide bonds. The van der Waals surface area contributed by atoms with E-state index in [1.54, 1.807) is 18.0 Å². The SMILES string of the molecule is COCCC(C)n1cc(CC(N)C(=O)O)nn1. The van der Waals surface area contributed by atoms with Crippen molar-refractivity contribution >= 4 is 5.97 Å². The summed E-state index contributed by atoms with van der Waals surface area (Å²) in [5.74, 6) is -1.04. The number of aliphatic carboxylic acids is 1. The minimum atomic E-state index is -1.04. The number of hydrogen-bond donors (Lipinski definition) is 2. The molecule has 0 bridgehead atoms. The van der Waals surface area contributed by atoms with Gasteiger partial charge >= 0.3 is 5.97 Å². The van der Waals surface area contributed by atoms with E-state index in [4.69, 9.17) is 15.6 Å². The molecule has 1 heterocycles. The molecule has 17 heavy (non-hydrogen) atoms. The summed E-state index contributed by atoms with van der Waals surface area (Å²) in [6, 6.07) is -0.772. The lowest BCUT2D eigenvalue weighted by Gasteiger charge is -2.09. The van der Waals surface area contributed by atoms with Crippen LogP contribution in [0.5, 0.6) is 0 Å². The van der Waals surface area contributed by atoms with Crippen LogP contribution < -0.4 is 5.73 Å². The van der Waals surface area contributed by atoms with E-state index in [1.807, 2.05) is 6.92 Å². The molecule has 1 aromatic heterocycles. The second kappa shape index (κ2) is 6.31. The number of carboxylic acid groups (broad SMARTS) is 1. The van der Waals surface area contributed by atoms with Crippen LogP contribution in [-0.2, 0) is 16.0 Å². The molecule has 1 rings (SSSR count). The van der Waals surface area contributed by atoms with Crippen molar-refractivity contribution < 1.29 is 14.6 Å². The first kappa shape index (κ1) is 13.6. The zero-order chi connectivity index (χ0) is 12.8. The Morgan fingerprint density at radius 2 is 2.41 bits per heavy atom. The molecular formula is C10H18N4O3. The molecule has 0 fully saturated rings. The van der Waals surface area contributed by atoms with Gasteiger partial charge in [0.2, 0.25) is 0 Å². The third kappa shape index (κ3) is 4.12. The van der Waals surface area contributed by atoms with Gasteiger partial charge in [0.05, 0.1) is 11.7 Å². The Labute approximate surface area is 99.6 Å². The molecule has 0 aliphatic heterocycles. The van der Waals surface area contributed by atoms with Crippen LogP contribution in [-0.4, -0.2) is 45.8 Å². The fraction of sp³-hybridized carbons (Fsp3) is 0.700. The summed E-state index contributed by atoms with van der Waals surface area (Å²) in [5, 5.41) is 16.5. The topological polar surface area (TPSA) is 103 Å². The quantitative estimate of drug-likeness (QED) is 0.688. The maximum absolute atomic E-state index is 10.6. The van der Waals surface area contributed by atoms with Crippen LogP contribution in [0.25, 0.3) is 0 Å². The Hall–Kier alpha value is -1.47. The van der Waals surface area contributed by atoms with Gasteiger partial charge in [0.15, 0.2) is 0 Å². The van der Waals surface area contributed by atoms with Gasteiger partial charge in [0.1, 0.15) is 6.04 Å². The Bertz CT molecular complexity index is 366. The number of methoxy groups -OCH3 is 1. The predicted octanol–water partition coefficient (Wildman–Crippen LogP) is -0.170. The molecule has 1 aromatic rings. The molecular weight excluding hydrogens is 224 g/mol. The number of nitrogens with zero attached hydrogens (tertiary/aromatic N) is 3. The molecule has 0 saturated carbocycles. The van der Waals surface area contributed by atoms with Crippen molar-refractivity contribution in [1.29, 1.82) is 0 Å². The van der Waals surface area contributed by atoms with Crippen molar-refractivity contribution in [3.63, 3.8) is 0 Å². The maximum Gasteiger partial charge on any atom is 0.320 e. The Balaban J connectivity index is 2.55. The van der Waals surface area contributed by atoms with E-state index in [0.29, 0.717) is 12.3 Å². The molecule has 0 radical (unpaired) electrons. The Kier molecular flexibility index (Phi) is 5.05. The van der Waals surface area contributed by atoms with E-state index in [2.05, 4.69) is 10.3 Å². The minimum absolute atomic E-state index is 0.164. The fourth-order valence-electron chi connectivity index (χ4n) is 1.36. The molecule has 0 saturated heterocycles. The molecule has 0 aliphatic rings. The highest BCUT2D eigenvalue weighted by molar-refractivity contribution is 5.73. The van der Waals surface area contributed by atoms with Crippen molar-refractivity contribution in [3.05, 3.63) is 11.9 Å². The number of rotatable bonds is 7. The molecule has 3 N–H and O–H groups in total. The van der Waals surface area contributed by atoms with Crippen LogP contribution in [0.15, 0.2) is 6.20 Å². The number of hydrogen-bond acceptors (Lipinski definition) is 5. The van der Waals surface area contributed by atoms with E-state index in [0.717, 1.165) is 6.42 Å². The van der Waals surface area contributed by atoms with Crippen molar-refractivity contribution in [2.45, 2.75) is 31.8 Å². The lowest BCUT2D eigenvalue weighted by atomic mass is 10.2. The van der Waals surface area contributed by atoms with Crippen LogP contribution >= 0.6 is 0 Å². The van der Waals surface area contributed by atoms with E-state index in [9.17, 15) is 4.79 Å². The van der Waals surface area contributed by atoms with Crippen molar-refractivity contribution in [3.8, 4) is 0 Å². The fourth-order valence-corrected chi connectivity index (χ4v) is 1.36. The third-order valence-corrected chi connectivity index (χ3v) is 2.50. The van der Waals surface area contributed by atoms with E-state index in [1.165, 1.54) is 0 Å². The van der Waals surface area contributed by atoms with Gasteiger partial charge in [-0.15, -0.1) is 5.10 Å². The zero-order valence-electron chi connectivity index (χ0n) is 10.0. The van der Waals surface area contributed by atoms with Crippen molar-refractivity contribution in [2.24, 2.45) is 5.73 Å². The lowest BCUT2D eigenvalue weighted by molar-refractivity contribution is -0.138. The highest BCUT2D eigenvalue weighted by atomic mass is 16.5. The van der Waals surface area contributed by atoms with E-state index < -0.39 is 12.0 Å². The number of carboxylic acids is 1. The molecule has 0 aliphatic carbocycles. The first-order valence-corrected chi connectivity index (χ1v) is 5.42. The van der Waals surface area contributed by atoms with Crippen molar-refractivity contribution in [1.82, 2.24) is 15.0 Å². The maximum atomic E-state index is 10.6. The minimum Gasteiger partial charge on any atom is -0.480 e. The van der Waals surface area contributed by atoms with Crippen LogP contribution in [0.4, 0.5) is 0 Å². The van der Waals surface area contributed by atoms with Gasteiger partial charge < -0.3 is 15.6 Å².